The molecule has 70 valence electrons. The van der Waals surface area contributed by atoms with Crippen molar-refractivity contribution in [2.75, 3.05) is 0 Å². The highest BCUT2D eigenvalue weighted by molar-refractivity contribution is 5.47. The molecule has 5 nitrogen and oxygen atoms in total. The second-order valence-electron chi connectivity index (χ2n) is 2.68. The van der Waals surface area contributed by atoms with Gasteiger partial charge in [0.05, 0.1) is 11.0 Å². The highest BCUT2D eigenvalue weighted by Gasteiger charge is 2.14. The fraction of sp³-hybridized carbons (Fsp3) is 0.250. The zero-order chi connectivity index (χ0) is 10.0. The molecule has 0 aliphatic heterocycles. The van der Waals surface area contributed by atoms with Crippen molar-refractivity contribution in [3.05, 3.63) is 33.9 Å². The van der Waals surface area contributed by atoms with Gasteiger partial charge in [-0.2, -0.15) is 0 Å². The molecule has 5 heteroatoms. The van der Waals surface area contributed by atoms with E-state index >= 15 is 0 Å². The molecule has 13 heavy (non-hydrogen) atoms. The quantitative estimate of drug-likeness (QED) is 0.535. The molecule has 0 bridgehead atoms. The van der Waals surface area contributed by atoms with Crippen LogP contribution in [0, 0.1) is 10.1 Å². The number of phenols is 1. The maximum absolute atomic E-state index is 10.3. The van der Waals surface area contributed by atoms with Crippen molar-refractivity contribution in [3.8, 4) is 5.75 Å². The zero-order valence-corrected chi connectivity index (χ0v) is 6.97. The molecule has 1 atom stereocenters. The first-order chi connectivity index (χ1) is 6.02. The van der Waals surface area contributed by atoms with E-state index in [4.69, 9.17) is 10.2 Å². The second-order valence-corrected chi connectivity index (χ2v) is 2.68. The molecule has 0 radical (unpaired) electrons. The van der Waals surface area contributed by atoms with Crippen LogP contribution in [0.25, 0.3) is 0 Å². The Kier molecular flexibility index (Phi) is 2.48. The number of aliphatic hydroxyl groups is 1. The van der Waals surface area contributed by atoms with E-state index in [1.807, 2.05) is 0 Å². The smallest absolute Gasteiger partial charge is 0.310 e. The van der Waals surface area contributed by atoms with Crippen molar-refractivity contribution in [2.45, 2.75) is 13.0 Å². The normalized spacial score (nSPS) is 12.5. The molecule has 0 aliphatic carbocycles. The van der Waals surface area contributed by atoms with Gasteiger partial charge in [0.1, 0.15) is 0 Å². The molecule has 0 amide bonds. The van der Waals surface area contributed by atoms with E-state index < -0.39 is 16.8 Å². The molecule has 0 aromatic heterocycles. The molecule has 0 fully saturated rings. The van der Waals surface area contributed by atoms with Gasteiger partial charge in [-0.25, -0.2) is 0 Å². The molecule has 0 saturated carbocycles. The van der Waals surface area contributed by atoms with Gasteiger partial charge < -0.3 is 10.2 Å². The number of nitro benzene ring substituents is 1. The van der Waals surface area contributed by atoms with Gasteiger partial charge in [0.2, 0.25) is 0 Å². The van der Waals surface area contributed by atoms with Crippen LogP contribution in [0.4, 0.5) is 5.69 Å². The number of hydrogen-bond donors (Lipinski definition) is 2. The lowest BCUT2D eigenvalue weighted by molar-refractivity contribution is -0.385. The fourth-order valence-electron chi connectivity index (χ4n) is 0.955. The van der Waals surface area contributed by atoms with Crippen LogP contribution in [0.2, 0.25) is 0 Å². The minimum Gasteiger partial charge on any atom is -0.502 e. The average Bonchev–Trinajstić information content (AvgIpc) is 2.03. The maximum atomic E-state index is 10.3. The number of phenolic OH excluding ortho intramolecular Hbond substituents is 1. The highest BCUT2D eigenvalue weighted by Crippen LogP contribution is 2.28. The summed E-state index contributed by atoms with van der Waals surface area (Å²) in [7, 11) is 0. The summed E-state index contributed by atoms with van der Waals surface area (Å²) in [5.41, 5.74) is 0.0903. The number of rotatable bonds is 2. The summed E-state index contributed by atoms with van der Waals surface area (Å²) in [6, 6.07) is 3.75. The summed E-state index contributed by atoms with van der Waals surface area (Å²) >= 11 is 0. The van der Waals surface area contributed by atoms with E-state index in [1.54, 1.807) is 0 Å². The first-order valence-corrected chi connectivity index (χ1v) is 3.67. The van der Waals surface area contributed by atoms with Crippen LogP contribution in [0.1, 0.15) is 18.6 Å². The minimum atomic E-state index is -0.744. The van der Waals surface area contributed by atoms with Gasteiger partial charge in [-0.05, 0) is 24.6 Å². The van der Waals surface area contributed by atoms with E-state index in [-0.39, 0.29) is 5.69 Å². The summed E-state index contributed by atoms with van der Waals surface area (Å²) < 4.78 is 0. The topological polar surface area (TPSA) is 83.6 Å². The Balaban J connectivity index is 3.13. The Morgan fingerprint density at radius 3 is 2.54 bits per heavy atom. The molecule has 1 aromatic rings. The molecule has 0 heterocycles. The second kappa shape index (κ2) is 3.40. The Bertz CT molecular complexity index is 335. The third kappa shape index (κ3) is 1.94. The van der Waals surface area contributed by atoms with Crippen molar-refractivity contribution in [1.82, 2.24) is 0 Å². The molecule has 0 saturated heterocycles. The van der Waals surface area contributed by atoms with Crippen LogP contribution < -0.4 is 0 Å². The van der Waals surface area contributed by atoms with Crippen LogP contribution in [-0.4, -0.2) is 15.1 Å². The van der Waals surface area contributed by atoms with Gasteiger partial charge in [-0.3, -0.25) is 10.1 Å². The van der Waals surface area contributed by atoms with Gasteiger partial charge in [-0.1, -0.05) is 0 Å². The molecular weight excluding hydrogens is 174 g/mol. The lowest BCUT2D eigenvalue weighted by Gasteiger charge is -2.04. The predicted molar refractivity (Wildman–Crippen MR) is 45.4 cm³/mol. The highest BCUT2D eigenvalue weighted by atomic mass is 16.6. The molecule has 0 spiro atoms. The molecule has 1 unspecified atom stereocenters. The van der Waals surface area contributed by atoms with Crippen LogP contribution in [0.15, 0.2) is 18.2 Å². The van der Waals surface area contributed by atoms with Crippen molar-refractivity contribution in [3.63, 3.8) is 0 Å². The SMILES string of the molecule is CC(O)c1ccc([N+](=O)[O-])c(O)c1. The number of hydrogen-bond acceptors (Lipinski definition) is 4. The number of nitro groups is 1. The standard InChI is InChI=1S/C8H9NO4/c1-5(10)6-2-3-7(9(12)13)8(11)4-6/h2-5,10-11H,1H3. The summed E-state index contributed by atoms with van der Waals surface area (Å²) in [4.78, 5) is 9.61. The third-order valence-corrected chi connectivity index (χ3v) is 1.68. The Morgan fingerprint density at radius 2 is 2.15 bits per heavy atom. The van der Waals surface area contributed by atoms with E-state index in [2.05, 4.69) is 0 Å². The van der Waals surface area contributed by atoms with Crippen LogP contribution >= 0.6 is 0 Å². The van der Waals surface area contributed by atoms with Gasteiger partial charge in [0.25, 0.3) is 0 Å². The summed E-state index contributed by atoms with van der Waals surface area (Å²) in [5.74, 6) is -0.427. The van der Waals surface area contributed by atoms with Crippen molar-refractivity contribution in [1.29, 1.82) is 0 Å². The fourth-order valence-corrected chi connectivity index (χ4v) is 0.955. The van der Waals surface area contributed by atoms with E-state index in [1.165, 1.54) is 19.1 Å². The number of aromatic hydroxyl groups is 1. The number of aliphatic hydroxyl groups excluding tert-OH is 1. The molecule has 1 aromatic carbocycles. The van der Waals surface area contributed by atoms with Gasteiger partial charge in [-0.15, -0.1) is 0 Å². The van der Waals surface area contributed by atoms with E-state index in [9.17, 15) is 10.1 Å². The van der Waals surface area contributed by atoms with Gasteiger partial charge in [0.15, 0.2) is 5.75 Å². The lowest BCUT2D eigenvalue weighted by Crippen LogP contribution is -1.93. The van der Waals surface area contributed by atoms with Crippen molar-refractivity contribution in [2.24, 2.45) is 0 Å². The Hall–Kier alpha value is -1.62. The van der Waals surface area contributed by atoms with E-state index in [0.717, 1.165) is 6.07 Å². The Labute approximate surface area is 74.4 Å². The van der Waals surface area contributed by atoms with Gasteiger partial charge in [0, 0.05) is 6.07 Å². The van der Waals surface area contributed by atoms with Crippen LogP contribution in [0.3, 0.4) is 0 Å². The zero-order valence-electron chi connectivity index (χ0n) is 6.97. The lowest BCUT2D eigenvalue weighted by atomic mass is 10.1. The average molecular weight is 183 g/mol. The molecule has 2 N–H and O–H groups in total. The maximum Gasteiger partial charge on any atom is 0.310 e. The first-order valence-electron chi connectivity index (χ1n) is 3.67. The van der Waals surface area contributed by atoms with Crippen molar-refractivity contribution >= 4 is 5.69 Å². The monoisotopic (exact) mass is 183 g/mol. The van der Waals surface area contributed by atoms with Crippen LogP contribution in [0.5, 0.6) is 5.75 Å². The summed E-state index contributed by atoms with van der Waals surface area (Å²) in [6.07, 6.45) is -0.744. The predicted octanol–water partition coefficient (Wildman–Crippen LogP) is 1.35. The first kappa shape index (κ1) is 9.47. The van der Waals surface area contributed by atoms with Gasteiger partial charge >= 0.3 is 5.69 Å². The summed E-state index contributed by atoms with van der Waals surface area (Å²) in [6.45, 7) is 1.51. The third-order valence-electron chi connectivity index (χ3n) is 1.68. The molecule has 1 rings (SSSR count). The summed E-state index contributed by atoms with van der Waals surface area (Å²) in [5, 5.41) is 28.5. The number of benzene rings is 1. The minimum absolute atomic E-state index is 0.357. The van der Waals surface area contributed by atoms with E-state index in [0.29, 0.717) is 5.56 Å². The number of nitrogens with zero attached hydrogens (tertiary/aromatic N) is 1. The largest absolute Gasteiger partial charge is 0.502 e. The Morgan fingerprint density at radius 1 is 1.54 bits per heavy atom. The molecule has 0 aliphatic rings. The van der Waals surface area contributed by atoms with Crippen molar-refractivity contribution < 1.29 is 15.1 Å². The molecular formula is C8H9NO4. The van der Waals surface area contributed by atoms with Crippen LogP contribution in [-0.2, 0) is 0 Å².